The van der Waals surface area contributed by atoms with Gasteiger partial charge in [0.05, 0.1) is 11.9 Å². The van der Waals surface area contributed by atoms with Crippen LogP contribution in [0.25, 0.3) is 0 Å². The number of aryl methyl sites for hydroxylation is 1. The maximum atomic E-state index is 5.71. The minimum Gasteiger partial charge on any atom is -0.378 e. The highest BCUT2D eigenvalue weighted by molar-refractivity contribution is 6.29. The molecule has 2 aromatic rings. The summed E-state index contributed by atoms with van der Waals surface area (Å²) in [6.07, 6.45) is 5.55. The van der Waals surface area contributed by atoms with Crippen LogP contribution in [0.1, 0.15) is 12.5 Å². The summed E-state index contributed by atoms with van der Waals surface area (Å²) in [4.78, 5) is 4.02. The van der Waals surface area contributed by atoms with Crippen LogP contribution in [-0.2, 0) is 13.1 Å². The number of hydrogen-bond acceptors (Lipinski definition) is 3. The molecule has 5 heteroatoms. The number of halogens is 1. The fourth-order valence-electron chi connectivity index (χ4n) is 1.34. The molecule has 0 unspecified atom stereocenters. The lowest BCUT2D eigenvalue weighted by Crippen LogP contribution is -1.99. The van der Waals surface area contributed by atoms with E-state index in [2.05, 4.69) is 22.3 Å². The Balaban J connectivity index is 1.94. The number of hydrogen-bond donors (Lipinski definition) is 1. The first-order valence-corrected chi connectivity index (χ1v) is 5.52. The lowest BCUT2D eigenvalue weighted by atomic mass is 10.3. The van der Waals surface area contributed by atoms with Crippen LogP contribution >= 0.6 is 11.6 Å². The Morgan fingerprint density at radius 1 is 1.38 bits per heavy atom. The quantitative estimate of drug-likeness (QED) is 0.830. The van der Waals surface area contributed by atoms with Crippen LogP contribution < -0.4 is 5.32 Å². The van der Waals surface area contributed by atoms with Gasteiger partial charge in [0.1, 0.15) is 5.15 Å². The van der Waals surface area contributed by atoms with E-state index in [4.69, 9.17) is 11.6 Å². The molecule has 0 saturated carbocycles. The number of aromatic nitrogens is 3. The molecule has 2 rings (SSSR count). The molecule has 2 heterocycles. The van der Waals surface area contributed by atoms with Crippen LogP contribution in [-0.4, -0.2) is 14.8 Å². The van der Waals surface area contributed by atoms with Gasteiger partial charge in [0.15, 0.2) is 0 Å². The van der Waals surface area contributed by atoms with Crippen molar-refractivity contribution in [3.05, 3.63) is 41.4 Å². The van der Waals surface area contributed by atoms with Gasteiger partial charge < -0.3 is 5.32 Å². The number of nitrogens with one attached hydrogen (secondary N) is 1. The molecule has 0 radical (unpaired) electrons. The standard InChI is InChI=1S/C11H13ClN4/c1-2-16-8-10(7-15-16)13-5-9-3-4-11(12)14-6-9/h3-4,6-8,13H,2,5H2,1H3. The minimum absolute atomic E-state index is 0.516. The number of anilines is 1. The molecular weight excluding hydrogens is 224 g/mol. The Bertz CT molecular complexity index is 449. The number of nitrogens with zero attached hydrogens (tertiary/aromatic N) is 3. The first-order valence-electron chi connectivity index (χ1n) is 5.14. The Morgan fingerprint density at radius 3 is 2.88 bits per heavy atom. The normalized spacial score (nSPS) is 10.4. The summed E-state index contributed by atoms with van der Waals surface area (Å²) in [6, 6.07) is 3.74. The van der Waals surface area contributed by atoms with Crippen LogP contribution in [0.2, 0.25) is 5.15 Å². The van der Waals surface area contributed by atoms with Gasteiger partial charge in [-0.2, -0.15) is 5.10 Å². The SMILES string of the molecule is CCn1cc(NCc2ccc(Cl)nc2)cn1. The summed E-state index contributed by atoms with van der Waals surface area (Å²) in [6.45, 7) is 3.66. The molecule has 84 valence electrons. The third-order valence-electron chi connectivity index (χ3n) is 2.24. The van der Waals surface area contributed by atoms with Crippen molar-refractivity contribution >= 4 is 17.3 Å². The summed E-state index contributed by atoms with van der Waals surface area (Å²) in [5, 5.41) is 7.96. The average molecular weight is 237 g/mol. The first kappa shape index (κ1) is 11.0. The van der Waals surface area contributed by atoms with E-state index < -0.39 is 0 Å². The highest BCUT2D eigenvalue weighted by atomic mass is 35.5. The molecule has 0 spiro atoms. The maximum Gasteiger partial charge on any atom is 0.129 e. The second-order valence-electron chi connectivity index (χ2n) is 3.43. The van der Waals surface area contributed by atoms with Crippen molar-refractivity contribution in [2.24, 2.45) is 0 Å². The molecule has 0 atom stereocenters. The fraction of sp³-hybridized carbons (Fsp3) is 0.273. The molecule has 16 heavy (non-hydrogen) atoms. The summed E-state index contributed by atoms with van der Waals surface area (Å²) in [5.74, 6) is 0. The monoisotopic (exact) mass is 236 g/mol. The third kappa shape index (κ3) is 2.73. The van der Waals surface area contributed by atoms with Crippen molar-refractivity contribution in [2.75, 3.05) is 5.32 Å². The molecular formula is C11H13ClN4. The second-order valence-corrected chi connectivity index (χ2v) is 3.81. The van der Waals surface area contributed by atoms with E-state index in [0.29, 0.717) is 5.15 Å². The van der Waals surface area contributed by atoms with Gasteiger partial charge in [-0.05, 0) is 18.6 Å². The van der Waals surface area contributed by atoms with Gasteiger partial charge in [0.2, 0.25) is 0 Å². The largest absolute Gasteiger partial charge is 0.378 e. The molecule has 0 aliphatic heterocycles. The van der Waals surface area contributed by atoms with Crippen LogP contribution in [0, 0.1) is 0 Å². The molecule has 0 aliphatic rings. The van der Waals surface area contributed by atoms with Crippen molar-refractivity contribution in [1.29, 1.82) is 0 Å². The Morgan fingerprint density at radius 2 is 2.25 bits per heavy atom. The third-order valence-corrected chi connectivity index (χ3v) is 2.47. The number of pyridine rings is 1. The van der Waals surface area contributed by atoms with E-state index in [9.17, 15) is 0 Å². The van der Waals surface area contributed by atoms with Gasteiger partial charge >= 0.3 is 0 Å². The molecule has 1 N–H and O–H groups in total. The average Bonchev–Trinajstić information content (AvgIpc) is 2.76. The zero-order valence-corrected chi connectivity index (χ0v) is 9.78. The lowest BCUT2D eigenvalue weighted by molar-refractivity contribution is 0.660. The molecule has 0 aromatic carbocycles. The summed E-state index contributed by atoms with van der Waals surface area (Å²) in [7, 11) is 0. The van der Waals surface area contributed by atoms with Crippen LogP contribution in [0.3, 0.4) is 0 Å². The molecule has 0 aliphatic carbocycles. The van der Waals surface area contributed by atoms with Crippen molar-refractivity contribution < 1.29 is 0 Å². The van der Waals surface area contributed by atoms with Gasteiger partial charge in [-0.25, -0.2) is 4.98 Å². The van der Waals surface area contributed by atoms with Crippen LogP contribution in [0.5, 0.6) is 0 Å². The fourth-order valence-corrected chi connectivity index (χ4v) is 1.45. The second kappa shape index (κ2) is 4.99. The first-order chi connectivity index (χ1) is 7.78. The van der Waals surface area contributed by atoms with E-state index in [1.165, 1.54) is 0 Å². The maximum absolute atomic E-state index is 5.71. The molecule has 4 nitrogen and oxygen atoms in total. The van der Waals surface area contributed by atoms with Gasteiger partial charge in [0, 0.05) is 25.5 Å². The molecule has 0 amide bonds. The van der Waals surface area contributed by atoms with Crippen molar-refractivity contribution in [3.63, 3.8) is 0 Å². The smallest absolute Gasteiger partial charge is 0.129 e. The van der Waals surface area contributed by atoms with Crippen LogP contribution in [0.15, 0.2) is 30.7 Å². The molecule has 2 aromatic heterocycles. The minimum atomic E-state index is 0.516. The van der Waals surface area contributed by atoms with Gasteiger partial charge in [-0.1, -0.05) is 17.7 Å². The predicted molar refractivity (Wildman–Crippen MR) is 64.5 cm³/mol. The topological polar surface area (TPSA) is 42.7 Å². The Kier molecular flexibility index (Phi) is 3.41. The highest BCUT2D eigenvalue weighted by Gasteiger charge is 1.97. The van der Waals surface area contributed by atoms with Crippen molar-refractivity contribution in [2.45, 2.75) is 20.0 Å². The Hall–Kier alpha value is -1.55. The summed E-state index contributed by atoms with van der Waals surface area (Å²) >= 11 is 5.71. The van der Waals surface area contributed by atoms with E-state index in [-0.39, 0.29) is 0 Å². The van der Waals surface area contributed by atoms with Crippen LogP contribution in [0.4, 0.5) is 5.69 Å². The van der Waals surface area contributed by atoms with Crippen molar-refractivity contribution in [3.8, 4) is 0 Å². The zero-order chi connectivity index (χ0) is 11.4. The van der Waals surface area contributed by atoms with Crippen molar-refractivity contribution in [1.82, 2.24) is 14.8 Å². The summed E-state index contributed by atoms with van der Waals surface area (Å²) in [5.41, 5.74) is 2.10. The van der Waals surface area contributed by atoms with E-state index >= 15 is 0 Å². The van der Waals surface area contributed by atoms with E-state index in [1.807, 2.05) is 23.1 Å². The van der Waals surface area contributed by atoms with Gasteiger partial charge in [-0.15, -0.1) is 0 Å². The summed E-state index contributed by atoms with van der Waals surface area (Å²) < 4.78 is 1.88. The number of rotatable bonds is 4. The predicted octanol–water partition coefficient (Wildman–Crippen LogP) is 2.56. The molecule has 0 bridgehead atoms. The highest BCUT2D eigenvalue weighted by Crippen LogP contribution is 2.09. The molecule has 0 fully saturated rings. The zero-order valence-electron chi connectivity index (χ0n) is 9.02. The van der Waals surface area contributed by atoms with Gasteiger partial charge in [-0.3, -0.25) is 4.68 Å². The van der Waals surface area contributed by atoms with Gasteiger partial charge in [0.25, 0.3) is 0 Å². The lowest BCUT2D eigenvalue weighted by Gasteiger charge is -2.02. The molecule has 0 saturated heterocycles. The van der Waals surface area contributed by atoms with E-state index in [1.54, 1.807) is 12.3 Å². The Labute approximate surface area is 99.3 Å². The van der Waals surface area contributed by atoms with E-state index in [0.717, 1.165) is 24.3 Å².